The lowest BCUT2D eigenvalue weighted by Crippen LogP contribution is -2.64. The van der Waals surface area contributed by atoms with Gasteiger partial charge in [0, 0.05) is 24.6 Å². The molecule has 3 atom stereocenters. The third-order valence-corrected chi connectivity index (χ3v) is 8.51. The number of aliphatic hydroxyl groups is 2. The zero-order chi connectivity index (χ0) is 36.9. The first-order chi connectivity index (χ1) is 22.7. The quantitative estimate of drug-likeness (QED) is 0.0851. The number of non-ortho nitro benzene ring substituents is 1. The maximum atomic E-state index is 14.0. The van der Waals surface area contributed by atoms with Crippen LogP contribution in [0.5, 0.6) is 11.5 Å². The van der Waals surface area contributed by atoms with E-state index in [9.17, 15) is 58.1 Å². The number of ketones is 2. The van der Waals surface area contributed by atoms with E-state index < -0.39 is 74.9 Å². The average Bonchev–Trinajstić information content (AvgIpc) is 3.00. The van der Waals surface area contributed by atoms with E-state index >= 15 is 0 Å². The topological polar surface area (TPSA) is 254 Å². The largest absolute Gasteiger partial charge is 0.508 e. The summed E-state index contributed by atoms with van der Waals surface area (Å²) >= 11 is 0. The van der Waals surface area contributed by atoms with Crippen molar-refractivity contribution in [2.75, 3.05) is 19.4 Å². The molecule has 2 aliphatic rings. The maximum Gasteiger partial charge on any atom is 0.490 e. The van der Waals surface area contributed by atoms with Crippen LogP contribution in [0.15, 0.2) is 47.7 Å². The molecular formula is C31H29F3N4O11. The lowest BCUT2D eigenvalue weighted by molar-refractivity contribution is -0.384. The number of carboxylic acids is 1. The first-order valence-corrected chi connectivity index (χ1v) is 14.1. The van der Waals surface area contributed by atoms with Gasteiger partial charge in [0.25, 0.3) is 11.6 Å². The molecule has 15 nitrogen and oxygen atoms in total. The number of nitrogens with two attached hydrogens (primary N) is 1. The van der Waals surface area contributed by atoms with Crippen molar-refractivity contribution in [3.8, 4) is 11.5 Å². The zero-order valence-corrected chi connectivity index (χ0v) is 25.8. The molecule has 0 spiro atoms. The van der Waals surface area contributed by atoms with E-state index in [1.54, 1.807) is 31.2 Å². The number of hydrogen-bond donors (Lipinski definition) is 7. The van der Waals surface area contributed by atoms with Crippen LogP contribution in [0.3, 0.4) is 0 Å². The summed E-state index contributed by atoms with van der Waals surface area (Å²) in [6.07, 6.45) is -5.21. The number of carbonyl (C=O) groups is 4. The fourth-order valence-electron chi connectivity index (χ4n) is 6.16. The average molecular weight is 691 g/mol. The highest BCUT2D eigenvalue weighted by atomic mass is 19.4. The lowest BCUT2D eigenvalue weighted by atomic mass is 9.61. The van der Waals surface area contributed by atoms with Crippen LogP contribution in [0.4, 0.5) is 24.5 Å². The van der Waals surface area contributed by atoms with Gasteiger partial charge in [0.15, 0.2) is 11.4 Å². The Bertz CT molecular complexity index is 1960. The number of halogens is 3. The van der Waals surface area contributed by atoms with E-state index in [0.29, 0.717) is 22.1 Å². The minimum atomic E-state index is -5.08. The number of nitrogens with one attached hydrogen (secondary N) is 1. The second-order valence-corrected chi connectivity index (χ2v) is 11.6. The Labute approximate surface area is 273 Å². The van der Waals surface area contributed by atoms with Crippen molar-refractivity contribution in [2.24, 2.45) is 11.7 Å². The Balaban J connectivity index is 0.000000698. The predicted molar refractivity (Wildman–Crippen MR) is 164 cm³/mol. The van der Waals surface area contributed by atoms with Gasteiger partial charge in [0.05, 0.1) is 27.6 Å². The second kappa shape index (κ2) is 12.7. The Kier molecular flexibility index (Phi) is 9.35. The second-order valence-electron chi connectivity index (χ2n) is 11.6. The number of rotatable bonds is 6. The molecule has 5 rings (SSSR count). The number of nitro benzene ring substituents is 1. The number of alkyl halides is 3. The summed E-state index contributed by atoms with van der Waals surface area (Å²) in [5, 5.41) is 66.6. The number of aryl methyl sites for hydroxylation is 1. The molecule has 260 valence electrons. The van der Waals surface area contributed by atoms with Gasteiger partial charge in [-0.2, -0.15) is 13.2 Å². The zero-order valence-electron chi connectivity index (χ0n) is 25.8. The smallest absolute Gasteiger partial charge is 0.490 e. The summed E-state index contributed by atoms with van der Waals surface area (Å²) in [6, 6.07) is 7.79. The predicted octanol–water partition coefficient (Wildman–Crippen LogP) is 2.61. The number of aliphatic carboxylic acids is 1. The number of phenols is 2. The molecule has 8 N–H and O–H groups in total. The summed E-state index contributed by atoms with van der Waals surface area (Å²) in [7, 11) is 3.05. The third kappa shape index (κ3) is 6.06. The van der Waals surface area contributed by atoms with Crippen LogP contribution in [-0.4, -0.2) is 90.7 Å². The molecule has 0 saturated heterocycles. The van der Waals surface area contributed by atoms with Crippen LogP contribution in [0.2, 0.25) is 0 Å². The van der Waals surface area contributed by atoms with Crippen molar-refractivity contribution in [1.82, 2.24) is 4.90 Å². The minimum absolute atomic E-state index is 0.0749. The number of fused-ring (bicyclic) bond motifs is 3. The highest BCUT2D eigenvalue weighted by Gasteiger charge is 2.62. The Morgan fingerprint density at radius 1 is 1.08 bits per heavy atom. The van der Waals surface area contributed by atoms with E-state index in [1.165, 1.54) is 31.1 Å². The van der Waals surface area contributed by atoms with Crippen LogP contribution in [0, 0.1) is 23.0 Å². The molecule has 3 aromatic rings. The molecule has 0 bridgehead atoms. The van der Waals surface area contributed by atoms with E-state index in [0.717, 1.165) is 0 Å². The van der Waals surface area contributed by atoms with Gasteiger partial charge in [-0.15, -0.1) is 0 Å². The number of primary amides is 1. The molecule has 0 aromatic heterocycles. The fraction of sp³-hybridized carbons (Fsp3) is 0.290. The number of amides is 1. The van der Waals surface area contributed by atoms with Crippen molar-refractivity contribution in [3.05, 3.63) is 80.1 Å². The number of aromatic hydroxyl groups is 2. The van der Waals surface area contributed by atoms with E-state index in [-0.39, 0.29) is 35.3 Å². The van der Waals surface area contributed by atoms with E-state index in [4.69, 9.17) is 15.6 Å². The van der Waals surface area contributed by atoms with Crippen LogP contribution in [-0.2, 0) is 27.3 Å². The number of carbonyl (C=O) groups excluding carboxylic acids is 3. The fourth-order valence-corrected chi connectivity index (χ4v) is 6.16. The van der Waals surface area contributed by atoms with Crippen molar-refractivity contribution < 1.29 is 62.8 Å². The van der Waals surface area contributed by atoms with Crippen LogP contribution in [0.1, 0.15) is 27.0 Å². The van der Waals surface area contributed by atoms with Crippen molar-refractivity contribution in [2.45, 2.75) is 37.7 Å². The van der Waals surface area contributed by atoms with E-state index in [1.807, 2.05) is 0 Å². The van der Waals surface area contributed by atoms with Gasteiger partial charge in [0.1, 0.15) is 22.8 Å². The number of nitrogens with zero attached hydrogens (tertiary/aromatic N) is 2. The Hall–Kier alpha value is -5.75. The molecule has 0 saturated carbocycles. The van der Waals surface area contributed by atoms with Crippen LogP contribution >= 0.6 is 0 Å². The summed E-state index contributed by atoms with van der Waals surface area (Å²) < 4.78 is 31.7. The van der Waals surface area contributed by atoms with Crippen LogP contribution in [0.25, 0.3) is 10.8 Å². The number of anilines is 1. The number of Topliss-reactive ketones (excluding diaryl/α,β-unsaturated/α-hetero) is 2. The van der Waals surface area contributed by atoms with Gasteiger partial charge in [-0.1, -0.05) is 18.2 Å². The monoisotopic (exact) mass is 690 g/mol. The molecule has 0 heterocycles. The number of aliphatic hydroxyl groups excluding tert-OH is 1. The molecule has 0 aliphatic heterocycles. The van der Waals surface area contributed by atoms with E-state index in [2.05, 4.69) is 5.32 Å². The number of nitro groups is 1. The molecule has 0 radical (unpaired) electrons. The summed E-state index contributed by atoms with van der Waals surface area (Å²) in [5.74, 6) is -9.47. The van der Waals surface area contributed by atoms with Gasteiger partial charge in [-0.25, -0.2) is 4.79 Å². The molecule has 1 amide bonds. The highest BCUT2D eigenvalue weighted by molar-refractivity contribution is 6.25. The normalized spacial score (nSPS) is 20.3. The van der Waals surface area contributed by atoms with Crippen molar-refractivity contribution >= 4 is 45.6 Å². The van der Waals surface area contributed by atoms with Gasteiger partial charge in [-0.05, 0) is 55.6 Å². The highest BCUT2D eigenvalue weighted by Crippen LogP contribution is 2.51. The first kappa shape index (κ1) is 36.1. The summed E-state index contributed by atoms with van der Waals surface area (Å²) in [5.41, 5.74) is 2.95. The third-order valence-electron chi connectivity index (χ3n) is 8.51. The molecule has 49 heavy (non-hydrogen) atoms. The Morgan fingerprint density at radius 3 is 2.14 bits per heavy atom. The van der Waals surface area contributed by atoms with Crippen molar-refractivity contribution in [1.29, 1.82) is 0 Å². The number of likely N-dealkylation sites (N-methyl/N-ethyl adjacent to an activating group) is 1. The number of carboxylic acid groups (broad SMARTS) is 1. The van der Waals surface area contributed by atoms with Gasteiger partial charge < -0.3 is 36.6 Å². The molecule has 0 fully saturated rings. The molecule has 18 heteroatoms. The number of hydrogen-bond acceptors (Lipinski definition) is 12. The first-order valence-electron chi connectivity index (χ1n) is 14.1. The molecular weight excluding hydrogens is 661 g/mol. The summed E-state index contributed by atoms with van der Waals surface area (Å²) in [4.78, 5) is 60.0. The molecule has 2 aliphatic carbocycles. The maximum absolute atomic E-state index is 14.0. The molecule has 0 unspecified atom stereocenters. The van der Waals surface area contributed by atoms with Gasteiger partial charge in [-0.3, -0.25) is 29.4 Å². The van der Waals surface area contributed by atoms with Crippen LogP contribution < -0.4 is 11.1 Å². The van der Waals surface area contributed by atoms with Gasteiger partial charge in [0.2, 0.25) is 5.78 Å². The Morgan fingerprint density at radius 2 is 1.65 bits per heavy atom. The SMILES string of the molecule is Cc1c2c(c(O)c3c(O)c(NCc4ccc([N+](=O)[O-])cc4)ccc13)C(=O)[C@]1(O)C(O)=C(C(N)=O)C(=O)[C@@H](N(C)C)[C@@H]1C2.O=C(O)C(F)(F)F. The standard InChI is InChI=1S/C29H28N4O9.C2HF3O2/c1-12-15-8-9-18(31-11-13-4-6-14(7-5-13)33(41)42)23(34)19(15)24(35)20-16(12)10-17-22(32(2)3)25(36)21(28(30)39)27(38)29(17,40)26(20)37;3-2(4,5)1(6)7/h4-9,17,22,31,34-35,38,40H,10-11H2,1-3H3,(H2,30,39);(H,6,7)/t17-,22-,29-;/m0./s1. The number of phenolic OH excluding ortho intramolecular Hbond substituents is 2. The lowest BCUT2D eigenvalue weighted by Gasteiger charge is -2.47. The van der Waals surface area contributed by atoms with Crippen molar-refractivity contribution in [3.63, 3.8) is 0 Å². The minimum Gasteiger partial charge on any atom is -0.508 e. The number of benzene rings is 3. The van der Waals surface area contributed by atoms with Gasteiger partial charge >= 0.3 is 12.1 Å². The molecule has 3 aromatic carbocycles. The summed E-state index contributed by atoms with van der Waals surface area (Å²) in [6.45, 7) is 1.83.